The Hall–Kier alpha value is -3.55. The molecule has 1 aliphatic carbocycles. The van der Waals surface area contributed by atoms with Crippen LogP contribution in [-0.2, 0) is 16.1 Å². The Morgan fingerprint density at radius 1 is 0.893 bits per heavy atom. The van der Waals surface area contributed by atoms with E-state index in [0.717, 1.165) is 39.1 Å². The van der Waals surface area contributed by atoms with E-state index < -0.39 is 0 Å². The second-order valence-electron chi connectivity index (χ2n) is 6.44. The van der Waals surface area contributed by atoms with Crippen molar-refractivity contribution in [2.45, 2.75) is 13.5 Å². The lowest BCUT2D eigenvalue weighted by Gasteiger charge is -2.08. The molecule has 0 aromatic heterocycles. The van der Waals surface area contributed by atoms with Gasteiger partial charge in [-0.3, -0.25) is 0 Å². The fourth-order valence-electron chi connectivity index (χ4n) is 3.35. The lowest BCUT2D eigenvalue weighted by molar-refractivity contribution is -0.137. The molecule has 0 bridgehead atoms. The van der Waals surface area contributed by atoms with Crippen molar-refractivity contribution in [2.75, 3.05) is 6.61 Å². The minimum atomic E-state index is -0.385. The Bertz CT molecular complexity index is 1070. The van der Waals surface area contributed by atoms with Crippen molar-refractivity contribution in [2.24, 2.45) is 0 Å². The molecule has 28 heavy (non-hydrogen) atoms. The summed E-state index contributed by atoms with van der Waals surface area (Å²) in [5.41, 5.74) is 9.44. The number of hydrogen-bond donors (Lipinski definition) is 0. The van der Waals surface area contributed by atoms with Crippen LogP contribution < -0.4 is 4.74 Å². The standard InChI is InChI=1S/C25H20O3/c1-2-27-25(26)15-14-22-20-10-6-7-11-21(20)24-16-19(12-13-23(22)24)28-17-18-8-4-3-5-9-18/h3-13,15-16H,2,17H2,1H3. The van der Waals surface area contributed by atoms with Gasteiger partial charge in [0.25, 0.3) is 0 Å². The fraction of sp³-hybridized carbons (Fsp3) is 0.120. The minimum absolute atomic E-state index is 0.349. The number of esters is 1. The van der Waals surface area contributed by atoms with Gasteiger partial charge in [-0.1, -0.05) is 54.6 Å². The third kappa shape index (κ3) is 3.62. The van der Waals surface area contributed by atoms with Gasteiger partial charge in [0.15, 0.2) is 0 Å². The van der Waals surface area contributed by atoms with E-state index in [1.165, 1.54) is 6.08 Å². The number of benzene rings is 3. The molecule has 0 amide bonds. The van der Waals surface area contributed by atoms with E-state index >= 15 is 0 Å². The first-order chi connectivity index (χ1) is 13.8. The first-order valence-corrected chi connectivity index (χ1v) is 9.30. The number of ether oxygens (including phenoxy) is 2. The van der Waals surface area contributed by atoms with E-state index in [-0.39, 0.29) is 5.97 Å². The molecule has 0 spiro atoms. The fourth-order valence-corrected chi connectivity index (χ4v) is 3.35. The Kier molecular flexibility index (Phi) is 5.09. The van der Waals surface area contributed by atoms with E-state index in [4.69, 9.17) is 9.47 Å². The van der Waals surface area contributed by atoms with Gasteiger partial charge in [-0.15, -0.1) is 5.73 Å². The highest BCUT2D eigenvalue weighted by atomic mass is 16.5. The summed E-state index contributed by atoms with van der Waals surface area (Å²) in [7, 11) is 0. The molecule has 3 heteroatoms. The van der Waals surface area contributed by atoms with Gasteiger partial charge in [0, 0.05) is 5.57 Å². The molecule has 4 rings (SSSR count). The van der Waals surface area contributed by atoms with Crippen LogP contribution >= 0.6 is 0 Å². The number of carbonyl (C=O) groups is 1. The maximum Gasteiger partial charge on any atom is 0.338 e. The maximum absolute atomic E-state index is 11.7. The Morgan fingerprint density at radius 3 is 2.39 bits per heavy atom. The van der Waals surface area contributed by atoms with Gasteiger partial charge in [0.1, 0.15) is 12.4 Å². The lowest BCUT2D eigenvalue weighted by Crippen LogP contribution is -1.98. The van der Waals surface area contributed by atoms with Crippen molar-refractivity contribution in [3.8, 4) is 16.9 Å². The summed E-state index contributed by atoms with van der Waals surface area (Å²) < 4.78 is 11.0. The summed E-state index contributed by atoms with van der Waals surface area (Å²) >= 11 is 0. The smallest absolute Gasteiger partial charge is 0.338 e. The molecule has 0 N–H and O–H groups in total. The molecule has 0 saturated carbocycles. The minimum Gasteiger partial charge on any atom is -0.489 e. The predicted octanol–water partition coefficient (Wildman–Crippen LogP) is 5.40. The lowest BCUT2D eigenvalue weighted by atomic mass is 10.1. The first-order valence-electron chi connectivity index (χ1n) is 9.30. The van der Waals surface area contributed by atoms with Crippen LogP contribution in [0.4, 0.5) is 0 Å². The highest BCUT2D eigenvalue weighted by Gasteiger charge is 2.23. The van der Waals surface area contributed by atoms with Gasteiger partial charge < -0.3 is 9.47 Å². The van der Waals surface area contributed by atoms with Crippen LogP contribution in [-0.4, -0.2) is 12.6 Å². The summed E-state index contributed by atoms with van der Waals surface area (Å²) in [5.74, 6) is 0.428. The molecular formula is C25H20O3. The zero-order valence-corrected chi connectivity index (χ0v) is 15.6. The van der Waals surface area contributed by atoms with Crippen molar-refractivity contribution >= 4 is 11.5 Å². The number of fused-ring (bicyclic) bond motifs is 3. The van der Waals surface area contributed by atoms with E-state index in [0.29, 0.717) is 13.2 Å². The van der Waals surface area contributed by atoms with Crippen LogP contribution in [0.15, 0.2) is 84.6 Å². The average Bonchev–Trinajstić information content (AvgIpc) is 3.05. The molecule has 0 atom stereocenters. The molecular weight excluding hydrogens is 348 g/mol. The van der Waals surface area contributed by atoms with Gasteiger partial charge >= 0.3 is 5.97 Å². The molecule has 0 saturated heterocycles. The third-order valence-corrected chi connectivity index (χ3v) is 4.62. The summed E-state index contributed by atoms with van der Waals surface area (Å²) in [4.78, 5) is 11.7. The molecule has 3 aromatic carbocycles. The Morgan fingerprint density at radius 2 is 1.61 bits per heavy atom. The highest BCUT2D eigenvalue weighted by Crippen LogP contribution is 2.45. The number of hydrogen-bond acceptors (Lipinski definition) is 3. The van der Waals surface area contributed by atoms with Gasteiger partial charge in [0.05, 0.1) is 12.7 Å². The third-order valence-electron chi connectivity index (χ3n) is 4.62. The number of carbonyl (C=O) groups excluding carboxylic acids is 1. The second kappa shape index (κ2) is 7.99. The van der Waals surface area contributed by atoms with Gasteiger partial charge in [0.2, 0.25) is 0 Å². The van der Waals surface area contributed by atoms with Crippen LogP contribution in [0.1, 0.15) is 23.6 Å². The van der Waals surface area contributed by atoms with Crippen LogP contribution in [0.3, 0.4) is 0 Å². The van der Waals surface area contributed by atoms with Crippen LogP contribution in [0.5, 0.6) is 5.75 Å². The molecule has 1 aliphatic rings. The summed E-state index contributed by atoms with van der Waals surface area (Å²) in [5, 5.41) is 0. The summed E-state index contributed by atoms with van der Waals surface area (Å²) in [6.07, 6.45) is 1.37. The van der Waals surface area contributed by atoms with Crippen LogP contribution in [0.2, 0.25) is 0 Å². The summed E-state index contributed by atoms with van der Waals surface area (Å²) in [6.45, 7) is 2.66. The molecule has 0 aliphatic heterocycles. The quantitative estimate of drug-likeness (QED) is 0.269. The van der Waals surface area contributed by atoms with Crippen molar-refractivity contribution < 1.29 is 14.3 Å². The Balaban J connectivity index is 1.68. The summed E-state index contributed by atoms with van der Waals surface area (Å²) in [6, 6.07) is 24.2. The topological polar surface area (TPSA) is 35.5 Å². The largest absolute Gasteiger partial charge is 0.489 e. The second-order valence-corrected chi connectivity index (χ2v) is 6.44. The van der Waals surface area contributed by atoms with Crippen molar-refractivity contribution in [1.82, 2.24) is 0 Å². The zero-order valence-electron chi connectivity index (χ0n) is 15.6. The molecule has 138 valence electrons. The van der Waals surface area contributed by atoms with E-state index in [1.54, 1.807) is 6.92 Å². The van der Waals surface area contributed by atoms with E-state index in [2.05, 4.69) is 17.9 Å². The average molecular weight is 368 g/mol. The molecule has 0 heterocycles. The Labute approximate surface area is 164 Å². The highest BCUT2D eigenvalue weighted by molar-refractivity contribution is 6.02. The number of rotatable bonds is 5. The van der Waals surface area contributed by atoms with E-state index in [1.807, 2.05) is 60.7 Å². The predicted molar refractivity (Wildman–Crippen MR) is 110 cm³/mol. The van der Waals surface area contributed by atoms with Gasteiger partial charge in [-0.2, -0.15) is 0 Å². The van der Waals surface area contributed by atoms with Crippen molar-refractivity contribution in [3.05, 3.63) is 101 Å². The van der Waals surface area contributed by atoms with Crippen LogP contribution in [0.25, 0.3) is 16.7 Å². The van der Waals surface area contributed by atoms with Crippen molar-refractivity contribution in [1.29, 1.82) is 0 Å². The maximum atomic E-state index is 11.7. The monoisotopic (exact) mass is 368 g/mol. The first kappa shape index (κ1) is 17.8. The molecule has 3 nitrogen and oxygen atoms in total. The zero-order chi connectivity index (χ0) is 19.3. The normalized spacial score (nSPS) is 11.2. The van der Waals surface area contributed by atoms with E-state index in [9.17, 15) is 4.79 Å². The van der Waals surface area contributed by atoms with Crippen LogP contribution in [0, 0.1) is 0 Å². The molecule has 0 fully saturated rings. The molecule has 0 radical (unpaired) electrons. The SMILES string of the molecule is CCOC(=O)C=C=C1c2ccccc2-c2cc(OCc3ccccc3)ccc21. The van der Waals surface area contributed by atoms with Crippen molar-refractivity contribution in [3.63, 3.8) is 0 Å². The van der Waals surface area contributed by atoms with Gasteiger partial charge in [-0.25, -0.2) is 4.79 Å². The molecule has 3 aromatic rings. The molecule has 0 unspecified atom stereocenters. The van der Waals surface area contributed by atoms with Gasteiger partial charge in [-0.05, 0) is 52.9 Å².